The van der Waals surface area contributed by atoms with Crippen molar-refractivity contribution >= 4 is 0 Å². The first-order valence-electron chi connectivity index (χ1n) is 5.11. The van der Waals surface area contributed by atoms with Crippen LogP contribution in [0.25, 0.3) is 0 Å². The summed E-state index contributed by atoms with van der Waals surface area (Å²) in [6.45, 7) is 9.71. The zero-order valence-electron chi connectivity index (χ0n) is 8.71. The van der Waals surface area contributed by atoms with Crippen molar-refractivity contribution in [3.8, 4) is 0 Å². The highest BCUT2D eigenvalue weighted by Gasteiger charge is 2.01. The summed E-state index contributed by atoms with van der Waals surface area (Å²) in [7, 11) is 0. The van der Waals surface area contributed by atoms with E-state index in [4.69, 9.17) is 5.11 Å². The number of hydrogen-bond acceptors (Lipinski definition) is 2. The van der Waals surface area contributed by atoms with Crippen LogP contribution in [0.15, 0.2) is 0 Å². The van der Waals surface area contributed by atoms with Crippen LogP contribution in [0.4, 0.5) is 0 Å². The van der Waals surface area contributed by atoms with Gasteiger partial charge in [-0.3, -0.25) is 0 Å². The Hall–Kier alpha value is -0.0800. The van der Waals surface area contributed by atoms with Crippen LogP contribution in [-0.4, -0.2) is 35.7 Å². The SMILES string of the molecule is CCCN(CC)CCCC(C)O. The van der Waals surface area contributed by atoms with Gasteiger partial charge in [0.2, 0.25) is 0 Å². The number of rotatable bonds is 7. The van der Waals surface area contributed by atoms with Gasteiger partial charge >= 0.3 is 0 Å². The molecule has 1 unspecified atom stereocenters. The number of nitrogens with zero attached hydrogens (tertiary/aromatic N) is 1. The summed E-state index contributed by atoms with van der Waals surface area (Å²) in [6, 6.07) is 0. The lowest BCUT2D eigenvalue weighted by Gasteiger charge is -2.19. The molecule has 0 aromatic rings. The first-order valence-corrected chi connectivity index (χ1v) is 5.11. The summed E-state index contributed by atoms with van der Waals surface area (Å²) in [5, 5.41) is 9.05. The zero-order chi connectivity index (χ0) is 9.40. The summed E-state index contributed by atoms with van der Waals surface area (Å²) in [5.74, 6) is 0. The zero-order valence-corrected chi connectivity index (χ0v) is 8.71. The highest BCUT2D eigenvalue weighted by Crippen LogP contribution is 1.99. The van der Waals surface area contributed by atoms with Crippen LogP contribution in [0.5, 0.6) is 0 Å². The van der Waals surface area contributed by atoms with Gasteiger partial charge in [-0.25, -0.2) is 0 Å². The van der Waals surface area contributed by atoms with Gasteiger partial charge < -0.3 is 10.0 Å². The van der Waals surface area contributed by atoms with Gasteiger partial charge in [0.25, 0.3) is 0 Å². The second kappa shape index (κ2) is 7.56. The number of hydrogen-bond donors (Lipinski definition) is 1. The van der Waals surface area contributed by atoms with E-state index in [0.717, 1.165) is 25.9 Å². The lowest BCUT2D eigenvalue weighted by atomic mass is 10.2. The molecule has 0 aliphatic carbocycles. The first kappa shape index (κ1) is 11.9. The van der Waals surface area contributed by atoms with Crippen LogP contribution in [-0.2, 0) is 0 Å². The van der Waals surface area contributed by atoms with Crippen molar-refractivity contribution in [1.82, 2.24) is 4.90 Å². The highest BCUT2D eigenvalue weighted by molar-refractivity contribution is 4.56. The number of aliphatic hydroxyl groups excluding tert-OH is 1. The predicted octanol–water partition coefficient (Wildman–Crippen LogP) is 1.88. The molecule has 0 amide bonds. The van der Waals surface area contributed by atoms with Crippen molar-refractivity contribution in [2.45, 2.75) is 46.1 Å². The maximum absolute atomic E-state index is 9.05. The summed E-state index contributed by atoms with van der Waals surface area (Å²) in [6.07, 6.45) is 3.14. The predicted molar refractivity (Wildman–Crippen MR) is 53.3 cm³/mol. The van der Waals surface area contributed by atoms with E-state index in [2.05, 4.69) is 18.7 Å². The standard InChI is InChI=1S/C10H23NO/c1-4-8-11(5-2)9-6-7-10(3)12/h10,12H,4-9H2,1-3H3. The van der Waals surface area contributed by atoms with E-state index >= 15 is 0 Å². The smallest absolute Gasteiger partial charge is 0.0512 e. The molecule has 0 aliphatic heterocycles. The molecule has 74 valence electrons. The summed E-state index contributed by atoms with van der Waals surface area (Å²) >= 11 is 0. The molecule has 0 aliphatic rings. The average molecular weight is 173 g/mol. The fourth-order valence-corrected chi connectivity index (χ4v) is 1.35. The van der Waals surface area contributed by atoms with Gasteiger partial charge in [-0.2, -0.15) is 0 Å². The van der Waals surface area contributed by atoms with Crippen LogP contribution in [0.1, 0.15) is 40.0 Å². The minimum atomic E-state index is -0.134. The molecule has 0 aromatic heterocycles. The van der Waals surface area contributed by atoms with E-state index in [-0.39, 0.29) is 6.10 Å². The summed E-state index contributed by atoms with van der Waals surface area (Å²) in [5.41, 5.74) is 0. The van der Waals surface area contributed by atoms with Crippen molar-refractivity contribution < 1.29 is 5.11 Å². The quantitative estimate of drug-likeness (QED) is 0.635. The van der Waals surface area contributed by atoms with E-state index in [0.29, 0.717) is 0 Å². The van der Waals surface area contributed by atoms with Gasteiger partial charge in [-0.1, -0.05) is 13.8 Å². The van der Waals surface area contributed by atoms with E-state index in [1.54, 1.807) is 0 Å². The van der Waals surface area contributed by atoms with Gasteiger partial charge in [0.05, 0.1) is 6.10 Å². The van der Waals surface area contributed by atoms with Crippen molar-refractivity contribution in [2.24, 2.45) is 0 Å². The largest absolute Gasteiger partial charge is 0.393 e. The average Bonchev–Trinajstić information content (AvgIpc) is 2.02. The molecule has 1 N–H and O–H groups in total. The minimum absolute atomic E-state index is 0.134. The molecule has 0 bridgehead atoms. The Kier molecular flexibility index (Phi) is 7.51. The molecule has 0 saturated heterocycles. The molecule has 0 heterocycles. The third-order valence-corrected chi connectivity index (χ3v) is 2.08. The van der Waals surface area contributed by atoms with Crippen molar-refractivity contribution in [3.05, 3.63) is 0 Å². The monoisotopic (exact) mass is 173 g/mol. The summed E-state index contributed by atoms with van der Waals surface area (Å²) < 4.78 is 0. The topological polar surface area (TPSA) is 23.5 Å². The third kappa shape index (κ3) is 6.62. The second-order valence-electron chi connectivity index (χ2n) is 3.43. The Morgan fingerprint density at radius 2 is 1.92 bits per heavy atom. The van der Waals surface area contributed by atoms with Crippen LogP contribution in [0.2, 0.25) is 0 Å². The van der Waals surface area contributed by atoms with Crippen LogP contribution >= 0.6 is 0 Å². The molecule has 0 spiro atoms. The fourth-order valence-electron chi connectivity index (χ4n) is 1.35. The second-order valence-corrected chi connectivity index (χ2v) is 3.43. The lowest BCUT2D eigenvalue weighted by molar-refractivity contribution is 0.171. The molecule has 2 heteroatoms. The van der Waals surface area contributed by atoms with Crippen molar-refractivity contribution in [2.75, 3.05) is 19.6 Å². The normalized spacial score (nSPS) is 13.8. The van der Waals surface area contributed by atoms with E-state index < -0.39 is 0 Å². The fraction of sp³-hybridized carbons (Fsp3) is 1.00. The molecular weight excluding hydrogens is 150 g/mol. The van der Waals surface area contributed by atoms with Crippen LogP contribution < -0.4 is 0 Å². The van der Waals surface area contributed by atoms with E-state index in [9.17, 15) is 0 Å². The Morgan fingerprint density at radius 1 is 1.25 bits per heavy atom. The first-order chi connectivity index (χ1) is 5.70. The molecular formula is C10H23NO. The van der Waals surface area contributed by atoms with Crippen molar-refractivity contribution in [3.63, 3.8) is 0 Å². The van der Waals surface area contributed by atoms with E-state index in [1.165, 1.54) is 13.0 Å². The molecule has 0 radical (unpaired) electrons. The Bertz CT molecular complexity index is 93.8. The van der Waals surface area contributed by atoms with Crippen LogP contribution in [0.3, 0.4) is 0 Å². The van der Waals surface area contributed by atoms with Crippen molar-refractivity contribution in [1.29, 1.82) is 0 Å². The molecule has 12 heavy (non-hydrogen) atoms. The molecule has 0 rings (SSSR count). The molecule has 1 atom stereocenters. The maximum atomic E-state index is 9.05. The molecule has 0 aromatic carbocycles. The summed E-state index contributed by atoms with van der Waals surface area (Å²) in [4.78, 5) is 2.43. The van der Waals surface area contributed by atoms with Gasteiger partial charge in [-0.05, 0) is 45.8 Å². The Labute approximate surface area is 76.6 Å². The van der Waals surface area contributed by atoms with Gasteiger partial charge in [-0.15, -0.1) is 0 Å². The maximum Gasteiger partial charge on any atom is 0.0512 e. The van der Waals surface area contributed by atoms with Gasteiger partial charge in [0.15, 0.2) is 0 Å². The molecule has 0 fully saturated rings. The van der Waals surface area contributed by atoms with Gasteiger partial charge in [0, 0.05) is 0 Å². The lowest BCUT2D eigenvalue weighted by Crippen LogP contribution is -2.25. The van der Waals surface area contributed by atoms with Gasteiger partial charge in [0.1, 0.15) is 0 Å². The van der Waals surface area contributed by atoms with E-state index in [1.807, 2.05) is 6.92 Å². The highest BCUT2D eigenvalue weighted by atomic mass is 16.3. The Morgan fingerprint density at radius 3 is 2.33 bits per heavy atom. The minimum Gasteiger partial charge on any atom is -0.393 e. The number of aliphatic hydroxyl groups is 1. The molecule has 0 saturated carbocycles. The molecule has 2 nitrogen and oxygen atoms in total. The third-order valence-electron chi connectivity index (χ3n) is 2.08. The Balaban J connectivity index is 3.31. The van der Waals surface area contributed by atoms with Crippen LogP contribution in [0, 0.1) is 0 Å².